The number of carbonyl (C=O) groups excluding carboxylic acids is 2. The summed E-state index contributed by atoms with van der Waals surface area (Å²) in [5.74, 6) is -0.353. The van der Waals surface area contributed by atoms with E-state index in [1.165, 1.54) is 29.6 Å². The minimum Gasteiger partial charge on any atom is -0.489 e. The lowest BCUT2D eigenvalue weighted by Gasteiger charge is -2.26. The van der Waals surface area contributed by atoms with Crippen LogP contribution >= 0.6 is 0 Å². The Morgan fingerprint density at radius 2 is 1.79 bits per heavy atom. The third-order valence-electron chi connectivity index (χ3n) is 5.17. The van der Waals surface area contributed by atoms with E-state index in [0.29, 0.717) is 30.2 Å². The first-order chi connectivity index (χ1) is 16.2. The van der Waals surface area contributed by atoms with Crippen molar-refractivity contribution in [2.75, 3.05) is 32.1 Å². The van der Waals surface area contributed by atoms with Crippen molar-refractivity contribution in [1.82, 2.24) is 4.31 Å². The summed E-state index contributed by atoms with van der Waals surface area (Å²) in [6.45, 7) is 4.27. The number of hydrogen-bond acceptors (Lipinski definition) is 7. The lowest BCUT2D eigenvalue weighted by atomic mass is 10.2. The molecule has 0 bridgehead atoms. The van der Waals surface area contributed by atoms with Crippen molar-refractivity contribution in [3.63, 3.8) is 0 Å². The fourth-order valence-corrected chi connectivity index (χ4v) is 5.09. The van der Waals surface area contributed by atoms with E-state index >= 15 is 0 Å². The van der Waals surface area contributed by atoms with Crippen molar-refractivity contribution in [1.29, 1.82) is 0 Å². The van der Waals surface area contributed by atoms with Gasteiger partial charge < -0.3 is 19.5 Å². The molecule has 0 aliphatic carbocycles. The van der Waals surface area contributed by atoms with E-state index in [-0.39, 0.29) is 23.3 Å². The topological polar surface area (TPSA) is 111 Å². The predicted molar refractivity (Wildman–Crippen MR) is 127 cm³/mol. The average Bonchev–Trinajstić information content (AvgIpc) is 2.83. The number of esters is 1. The highest BCUT2D eigenvalue weighted by atomic mass is 32.2. The molecule has 1 aliphatic rings. The molecule has 0 saturated carbocycles. The van der Waals surface area contributed by atoms with Crippen LogP contribution in [0, 0.1) is 0 Å². The Hall–Kier alpha value is -3.11. The van der Waals surface area contributed by atoms with Crippen LogP contribution in [0.15, 0.2) is 47.4 Å². The van der Waals surface area contributed by atoms with Crippen LogP contribution in [-0.4, -0.2) is 57.5 Å². The molecule has 0 atom stereocenters. The first kappa shape index (κ1) is 25.5. The summed E-state index contributed by atoms with van der Waals surface area (Å²) in [7, 11) is -2.41. The maximum absolute atomic E-state index is 13.1. The first-order valence-corrected chi connectivity index (χ1v) is 12.6. The Kier molecular flexibility index (Phi) is 8.51. The number of ether oxygens (including phenoxy) is 3. The van der Waals surface area contributed by atoms with Gasteiger partial charge in [0.1, 0.15) is 11.5 Å². The molecule has 0 spiro atoms. The lowest BCUT2D eigenvalue weighted by Crippen LogP contribution is -2.35. The van der Waals surface area contributed by atoms with E-state index in [0.717, 1.165) is 19.3 Å². The maximum Gasteiger partial charge on any atom is 0.337 e. The number of piperidine rings is 1. The van der Waals surface area contributed by atoms with E-state index in [1.807, 2.05) is 13.8 Å². The third kappa shape index (κ3) is 6.48. The summed E-state index contributed by atoms with van der Waals surface area (Å²) < 4.78 is 43.6. The normalized spacial score (nSPS) is 14.5. The fraction of sp³-hybridized carbons (Fsp3) is 0.417. The Morgan fingerprint density at radius 3 is 2.47 bits per heavy atom. The van der Waals surface area contributed by atoms with Gasteiger partial charge in [0.15, 0.2) is 6.61 Å². The maximum atomic E-state index is 13.1. The van der Waals surface area contributed by atoms with Crippen LogP contribution in [-0.2, 0) is 19.6 Å². The van der Waals surface area contributed by atoms with Crippen molar-refractivity contribution in [2.24, 2.45) is 0 Å². The van der Waals surface area contributed by atoms with E-state index in [2.05, 4.69) is 10.1 Å². The van der Waals surface area contributed by atoms with Gasteiger partial charge in [0, 0.05) is 13.1 Å². The first-order valence-electron chi connectivity index (χ1n) is 11.1. The molecule has 0 aromatic heterocycles. The SMILES string of the molecule is COC(=O)c1cccc(OCC(=O)Nc2cc(S(=O)(=O)N3CCCCC3)ccc2OC(C)C)c1. The summed E-state index contributed by atoms with van der Waals surface area (Å²) in [6, 6.07) is 10.7. The van der Waals surface area contributed by atoms with Gasteiger partial charge in [-0.3, -0.25) is 4.79 Å². The number of nitrogens with zero attached hydrogens (tertiary/aromatic N) is 1. The highest BCUT2D eigenvalue weighted by molar-refractivity contribution is 7.89. The highest BCUT2D eigenvalue weighted by Crippen LogP contribution is 2.31. The zero-order chi connectivity index (χ0) is 24.7. The van der Waals surface area contributed by atoms with Crippen molar-refractivity contribution in [2.45, 2.75) is 44.1 Å². The van der Waals surface area contributed by atoms with Crippen LogP contribution in [0.3, 0.4) is 0 Å². The van der Waals surface area contributed by atoms with Gasteiger partial charge in [0.2, 0.25) is 10.0 Å². The Balaban J connectivity index is 1.76. The number of carbonyl (C=O) groups is 2. The molecule has 9 nitrogen and oxygen atoms in total. The molecule has 0 unspecified atom stereocenters. The number of sulfonamides is 1. The Labute approximate surface area is 200 Å². The van der Waals surface area contributed by atoms with Crippen LogP contribution < -0.4 is 14.8 Å². The summed E-state index contributed by atoms with van der Waals surface area (Å²) >= 11 is 0. The van der Waals surface area contributed by atoms with Gasteiger partial charge in [-0.25, -0.2) is 13.2 Å². The molecule has 1 amide bonds. The molecule has 0 radical (unpaired) electrons. The average molecular weight is 491 g/mol. The van der Waals surface area contributed by atoms with Gasteiger partial charge in [0.05, 0.1) is 29.4 Å². The van der Waals surface area contributed by atoms with E-state index in [4.69, 9.17) is 9.47 Å². The molecule has 2 aromatic rings. The molecule has 184 valence electrons. The summed E-state index contributed by atoms with van der Waals surface area (Å²) in [5.41, 5.74) is 0.535. The molecule has 2 aromatic carbocycles. The van der Waals surface area contributed by atoms with Gasteiger partial charge in [-0.1, -0.05) is 12.5 Å². The number of amides is 1. The largest absolute Gasteiger partial charge is 0.489 e. The predicted octanol–water partition coefficient (Wildman–Crippen LogP) is 3.45. The molecule has 1 fully saturated rings. The van der Waals surface area contributed by atoms with Gasteiger partial charge >= 0.3 is 5.97 Å². The van der Waals surface area contributed by atoms with Crippen LogP contribution in [0.2, 0.25) is 0 Å². The molecule has 10 heteroatoms. The van der Waals surface area contributed by atoms with Crippen molar-refractivity contribution in [3.05, 3.63) is 48.0 Å². The van der Waals surface area contributed by atoms with Gasteiger partial charge in [-0.15, -0.1) is 0 Å². The smallest absolute Gasteiger partial charge is 0.337 e. The summed E-state index contributed by atoms with van der Waals surface area (Å²) in [4.78, 5) is 24.4. The van der Waals surface area contributed by atoms with Crippen LogP contribution in [0.25, 0.3) is 0 Å². The van der Waals surface area contributed by atoms with Crippen molar-refractivity contribution >= 4 is 27.6 Å². The molecular weight excluding hydrogens is 460 g/mol. The second-order valence-corrected chi connectivity index (χ2v) is 10.1. The molecule has 1 saturated heterocycles. The van der Waals surface area contributed by atoms with Crippen molar-refractivity contribution in [3.8, 4) is 11.5 Å². The number of anilines is 1. The second-order valence-electron chi connectivity index (χ2n) is 8.15. The van der Waals surface area contributed by atoms with Gasteiger partial charge in [-0.05, 0) is 63.1 Å². The van der Waals surface area contributed by atoms with Gasteiger partial charge in [-0.2, -0.15) is 4.31 Å². The van der Waals surface area contributed by atoms with Crippen LogP contribution in [0.5, 0.6) is 11.5 Å². The molecule has 1 aliphatic heterocycles. The number of hydrogen-bond donors (Lipinski definition) is 1. The lowest BCUT2D eigenvalue weighted by molar-refractivity contribution is -0.118. The minimum atomic E-state index is -3.68. The second kappa shape index (κ2) is 11.3. The number of rotatable bonds is 9. The molecule has 34 heavy (non-hydrogen) atoms. The number of methoxy groups -OCH3 is 1. The standard InChI is InChI=1S/C24H30N2O7S/c1-17(2)33-22-11-10-20(34(29,30)26-12-5-4-6-13-26)15-21(22)25-23(27)16-32-19-9-7-8-18(14-19)24(28)31-3/h7-11,14-15,17H,4-6,12-13,16H2,1-3H3,(H,25,27). The van der Waals surface area contributed by atoms with Gasteiger partial charge in [0.25, 0.3) is 5.91 Å². The quantitative estimate of drug-likeness (QED) is 0.536. The molecule has 1 N–H and O–H groups in total. The molecule has 1 heterocycles. The van der Waals surface area contributed by atoms with Crippen molar-refractivity contribution < 1.29 is 32.2 Å². The highest BCUT2D eigenvalue weighted by Gasteiger charge is 2.27. The minimum absolute atomic E-state index is 0.0903. The summed E-state index contributed by atoms with van der Waals surface area (Å²) in [6.07, 6.45) is 2.48. The van der Waals surface area contributed by atoms with E-state index < -0.39 is 21.9 Å². The van der Waals surface area contributed by atoms with Crippen LogP contribution in [0.4, 0.5) is 5.69 Å². The summed E-state index contributed by atoms with van der Waals surface area (Å²) in [5, 5.41) is 2.69. The fourth-order valence-electron chi connectivity index (χ4n) is 3.54. The monoisotopic (exact) mass is 490 g/mol. The van der Waals surface area contributed by atoms with Crippen LogP contribution in [0.1, 0.15) is 43.5 Å². The number of nitrogens with one attached hydrogen (secondary N) is 1. The van der Waals surface area contributed by atoms with E-state index in [9.17, 15) is 18.0 Å². The Bertz CT molecular complexity index is 1130. The third-order valence-corrected chi connectivity index (χ3v) is 7.06. The zero-order valence-electron chi connectivity index (χ0n) is 19.6. The Morgan fingerprint density at radius 1 is 1.06 bits per heavy atom. The van der Waals surface area contributed by atoms with E-state index in [1.54, 1.807) is 24.3 Å². The molecular formula is C24H30N2O7S. The number of benzene rings is 2. The zero-order valence-corrected chi connectivity index (χ0v) is 20.4. The molecule has 3 rings (SSSR count).